The molecule has 1 fully saturated rings. The Balaban J connectivity index is 1.34. The maximum atomic E-state index is 14.4. The van der Waals surface area contributed by atoms with Gasteiger partial charge in [0.15, 0.2) is 0 Å². The molecular weight excluding hydrogens is 828 g/mol. The van der Waals surface area contributed by atoms with E-state index in [0.29, 0.717) is 27.2 Å². The standard InChI is InChI=1S/C48H43BrN2O9/c1-31-12-8-10-16-39(31)45(53)51-44(52)33(26-27-49)29-50(47(51)55)43-28-41(60-46(54)40-17-11-9-13-32(40)2)42(59-43)30-58-48(34-14-6-5-7-15-34,35-18-22-37(56-3)23-19-35)36-20-24-38(57-4)25-21-36/h5-27,29,41-43H,28,30H2,1-4H3/b27-26+/t41-,42+,43+/m0/s1. The minimum absolute atomic E-state index is 0.0107. The van der Waals surface area contributed by atoms with Gasteiger partial charge in [-0.15, -0.1) is 0 Å². The van der Waals surface area contributed by atoms with Gasteiger partial charge >= 0.3 is 11.7 Å². The van der Waals surface area contributed by atoms with Crippen LogP contribution in [-0.2, 0) is 19.8 Å². The molecule has 0 saturated carbocycles. The van der Waals surface area contributed by atoms with Crippen LogP contribution in [0.2, 0.25) is 0 Å². The molecule has 3 atom stereocenters. The Morgan fingerprint density at radius 2 is 1.28 bits per heavy atom. The highest BCUT2D eigenvalue weighted by atomic mass is 79.9. The van der Waals surface area contributed by atoms with E-state index in [1.807, 2.05) is 97.9 Å². The lowest BCUT2D eigenvalue weighted by Gasteiger charge is -2.37. The first kappa shape index (κ1) is 41.8. The molecule has 0 N–H and O–H groups in total. The highest BCUT2D eigenvalue weighted by molar-refractivity contribution is 9.11. The molecule has 0 aliphatic carbocycles. The van der Waals surface area contributed by atoms with E-state index in [1.165, 1.54) is 21.8 Å². The Morgan fingerprint density at radius 3 is 1.83 bits per heavy atom. The van der Waals surface area contributed by atoms with Crippen LogP contribution < -0.4 is 20.7 Å². The fourth-order valence-electron chi connectivity index (χ4n) is 7.52. The van der Waals surface area contributed by atoms with Gasteiger partial charge in [0.1, 0.15) is 35.5 Å². The van der Waals surface area contributed by atoms with E-state index in [0.717, 1.165) is 22.3 Å². The van der Waals surface area contributed by atoms with Crippen molar-refractivity contribution in [3.63, 3.8) is 0 Å². The Labute approximate surface area is 355 Å². The quantitative estimate of drug-likeness (QED) is 0.0835. The predicted molar refractivity (Wildman–Crippen MR) is 231 cm³/mol. The van der Waals surface area contributed by atoms with Gasteiger partial charge < -0.3 is 23.7 Å². The Morgan fingerprint density at radius 1 is 0.750 bits per heavy atom. The molecule has 0 unspecified atom stereocenters. The number of methoxy groups -OCH3 is 2. The van der Waals surface area contributed by atoms with Crippen molar-refractivity contribution in [1.82, 2.24) is 9.13 Å². The third-order valence-corrected chi connectivity index (χ3v) is 11.0. The first-order chi connectivity index (χ1) is 29.1. The molecule has 7 rings (SSSR count). The van der Waals surface area contributed by atoms with Gasteiger partial charge in [-0.3, -0.25) is 14.2 Å². The van der Waals surface area contributed by atoms with Crippen molar-refractivity contribution in [2.24, 2.45) is 0 Å². The number of esters is 1. The Kier molecular flexibility index (Phi) is 12.7. The number of rotatable bonds is 13. The average molecular weight is 872 g/mol. The van der Waals surface area contributed by atoms with E-state index in [2.05, 4.69) is 15.9 Å². The molecule has 306 valence electrons. The number of carbonyl (C=O) groups excluding carboxylic acids is 2. The van der Waals surface area contributed by atoms with Gasteiger partial charge in [-0.25, -0.2) is 9.59 Å². The molecule has 6 aromatic rings. The molecule has 5 aromatic carbocycles. The molecule has 0 bridgehead atoms. The second-order valence-electron chi connectivity index (χ2n) is 14.3. The normalized spacial score (nSPS) is 16.4. The lowest BCUT2D eigenvalue weighted by atomic mass is 9.80. The Hall–Kier alpha value is -6.34. The average Bonchev–Trinajstić information content (AvgIpc) is 3.67. The highest BCUT2D eigenvalue weighted by Gasteiger charge is 2.44. The Bertz CT molecular complexity index is 2590. The van der Waals surface area contributed by atoms with Crippen molar-refractivity contribution in [3.8, 4) is 11.5 Å². The molecule has 11 nitrogen and oxygen atoms in total. The van der Waals surface area contributed by atoms with Crippen molar-refractivity contribution < 1.29 is 33.3 Å². The maximum Gasteiger partial charge on any atom is 0.340 e. The molecule has 12 heteroatoms. The molecule has 2 heterocycles. The van der Waals surface area contributed by atoms with Gasteiger partial charge in [0.05, 0.1) is 32.0 Å². The summed E-state index contributed by atoms with van der Waals surface area (Å²) in [6.07, 6.45) is -0.199. The monoisotopic (exact) mass is 870 g/mol. The second-order valence-corrected chi connectivity index (χ2v) is 14.8. The summed E-state index contributed by atoms with van der Waals surface area (Å²) in [5.41, 5.74) is 1.31. The van der Waals surface area contributed by atoms with Crippen LogP contribution in [0.25, 0.3) is 6.08 Å². The van der Waals surface area contributed by atoms with Crippen molar-refractivity contribution in [2.45, 2.75) is 44.3 Å². The molecule has 1 aromatic heterocycles. The third-order valence-electron chi connectivity index (χ3n) is 10.7. The summed E-state index contributed by atoms with van der Waals surface area (Å²) in [6, 6.07) is 38.6. The van der Waals surface area contributed by atoms with E-state index >= 15 is 0 Å². The summed E-state index contributed by atoms with van der Waals surface area (Å²) in [5, 5.41) is 0. The maximum absolute atomic E-state index is 14.4. The largest absolute Gasteiger partial charge is 0.497 e. The molecule has 0 amide bonds. The van der Waals surface area contributed by atoms with E-state index < -0.39 is 47.2 Å². The SMILES string of the molecule is COc1ccc(C(OC[C@H]2O[C@@H](n3cc(/C=C/Br)c(=O)n(C(=O)c4ccccc4C)c3=O)C[C@@H]2OC(=O)c2ccccc2C)(c2ccccc2)c2ccc(OC)cc2)cc1. The van der Waals surface area contributed by atoms with Gasteiger partial charge in [-0.05, 0) is 89.1 Å². The third kappa shape index (κ3) is 8.26. The topological polar surface area (TPSA) is 124 Å². The number of halogens is 1. The van der Waals surface area contributed by atoms with Crippen LogP contribution in [0.5, 0.6) is 11.5 Å². The summed E-state index contributed by atoms with van der Waals surface area (Å²) in [7, 11) is 3.20. The number of aryl methyl sites for hydroxylation is 2. The molecule has 0 spiro atoms. The first-order valence-corrected chi connectivity index (χ1v) is 20.2. The molecule has 1 aliphatic heterocycles. The zero-order valence-electron chi connectivity index (χ0n) is 33.4. The van der Waals surface area contributed by atoms with Gasteiger partial charge in [0.25, 0.3) is 11.5 Å². The predicted octanol–water partition coefficient (Wildman–Crippen LogP) is 8.22. The summed E-state index contributed by atoms with van der Waals surface area (Å²) < 4.78 is 32.9. The lowest BCUT2D eigenvalue weighted by Crippen LogP contribution is -2.45. The van der Waals surface area contributed by atoms with Gasteiger partial charge in [-0.1, -0.05) is 107 Å². The smallest absolute Gasteiger partial charge is 0.340 e. The number of ether oxygens (including phenoxy) is 5. The number of aromatic nitrogens is 2. The molecule has 0 radical (unpaired) electrons. The van der Waals surface area contributed by atoms with Crippen molar-refractivity contribution in [3.05, 3.63) is 204 Å². The van der Waals surface area contributed by atoms with Crippen LogP contribution in [0.1, 0.15) is 66.7 Å². The number of hydrogen-bond acceptors (Lipinski definition) is 9. The molecule has 60 heavy (non-hydrogen) atoms. The van der Waals surface area contributed by atoms with Crippen LogP contribution in [-0.4, -0.2) is 54.0 Å². The second kappa shape index (κ2) is 18.3. The summed E-state index contributed by atoms with van der Waals surface area (Å²) in [4.78, 5) is 57.4. The van der Waals surface area contributed by atoms with E-state index in [1.54, 1.807) is 57.5 Å². The van der Waals surface area contributed by atoms with Crippen LogP contribution in [0.4, 0.5) is 0 Å². The number of carbonyl (C=O) groups is 2. The van der Waals surface area contributed by atoms with Gasteiger partial charge in [-0.2, -0.15) is 4.57 Å². The molecular formula is C48H43BrN2O9. The minimum Gasteiger partial charge on any atom is -0.497 e. The van der Waals surface area contributed by atoms with Crippen LogP contribution in [0, 0.1) is 13.8 Å². The fraction of sp³-hybridized carbons (Fsp3) is 0.208. The zero-order valence-corrected chi connectivity index (χ0v) is 35.0. The highest BCUT2D eigenvalue weighted by Crippen LogP contribution is 2.43. The van der Waals surface area contributed by atoms with Gasteiger partial charge in [0.2, 0.25) is 0 Å². The van der Waals surface area contributed by atoms with Crippen LogP contribution in [0.15, 0.2) is 148 Å². The van der Waals surface area contributed by atoms with E-state index in [4.69, 9.17) is 23.7 Å². The number of nitrogens with zero attached hydrogens (tertiary/aromatic N) is 2. The van der Waals surface area contributed by atoms with Gasteiger partial charge in [0, 0.05) is 18.2 Å². The lowest BCUT2D eigenvalue weighted by molar-refractivity contribution is -0.0968. The van der Waals surface area contributed by atoms with Crippen LogP contribution >= 0.6 is 15.9 Å². The minimum atomic E-state index is -1.25. The summed E-state index contributed by atoms with van der Waals surface area (Å²) in [6.45, 7) is 3.40. The zero-order chi connectivity index (χ0) is 42.4. The van der Waals surface area contributed by atoms with Crippen molar-refractivity contribution in [1.29, 1.82) is 0 Å². The van der Waals surface area contributed by atoms with Crippen molar-refractivity contribution in [2.75, 3.05) is 20.8 Å². The number of benzene rings is 5. The fourth-order valence-corrected chi connectivity index (χ4v) is 7.81. The van der Waals surface area contributed by atoms with Crippen molar-refractivity contribution >= 4 is 33.9 Å². The van der Waals surface area contributed by atoms with E-state index in [9.17, 15) is 19.2 Å². The summed E-state index contributed by atoms with van der Waals surface area (Å²) >= 11 is 3.23. The molecule has 1 aliphatic rings. The summed E-state index contributed by atoms with van der Waals surface area (Å²) in [5.74, 6) is -0.0551. The van der Waals surface area contributed by atoms with Crippen LogP contribution in [0.3, 0.4) is 0 Å². The molecule has 1 saturated heterocycles. The number of hydrogen-bond donors (Lipinski definition) is 0. The van der Waals surface area contributed by atoms with E-state index in [-0.39, 0.29) is 24.2 Å². The first-order valence-electron chi connectivity index (χ1n) is 19.3.